The highest BCUT2D eigenvalue weighted by Crippen LogP contribution is 2.43. The minimum Gasteiger partial charge on any atom is -0.306 e. The van der Waals surface area contributed by atoms with Crippen LogP contribution in [0.3, 0.4) is 0 Å². The lowest BCUT2D eigenvalue weighted by Crippen LogP contribution is -2.20. The molecule has 0 atom stereocenters. The SMILES string of the molecule is Cc1nn(CC(=O)Nc2nn(Cc3ccc(F)cc3Cl)cc2Cl)c2nc(C3CC3)cc(C(F)(F)F)c12. The number of carbonyl (C=O) groups is 1. The fourth-order valence-electron chi connectivity index (χ4n) is 3.99. The van der Waals surface area contributed by atoms with E-state index in [4.69, 9.17) is 23.2 Å². The molecule has 3 aromatic heterocycles. The summed E-state index contributed by atoms with van der Waals surface area (Å²) in [4.78, 5) is 17.2. The van der Waals surface area contributed by atoms with Crippen molar-refractivity contribution >= 4 is 46.0 Å². The maximum absolute atomic E-state index is 13.8. The number of benzene rings is 1. The van der Waals surface area contributed by atoms with Gasteiger partial charge in [0.25, 0.3) is 0 Å². The first-order valence-electron chi connectivity index (χ1n) is 10.9. The molecule has 1 aliphatic carbocycles. The maximum atomic E-state index is 13.8. The molecule has 7 nitrogen and oxygen atoms in total. The van der Waals surface area contributed by atoms with Gasteiger partial charge in [-0.15, -0.1) is 0 Å². The van der Waals surface area contributed by atoms with Crippen LogP contribution in [0.15, 0.2) is 30.5 Å². The van der Waals surface area contributed by atoms with Crippen LogP contribution in [-0.2, 0) is 24.1 Å². The van der Waals surface area contributed by atoms with Crippen LogP contribution in [0.2, 0.25) is 10.0 Å². The van der Waals surface area contributed by atoms with E-state index in [1.54, 1.807) is 0 Å². The fourth-order valence-corrected chi connectivity index (χ4v) is 4.41. The molecule has 0 saturated heterocycles. The normalized spacial score (nSPS) is 14.0. The maximum Gasteiger partial charge on any atom is 0.417 e. The Morgan fingerprint density at radius 1 is 1.17 bits per heavy atom. The number of nitrogens with one attached hydrogen (secondary N) is 1. The number of amides is 1. The summed E-state index contributed by atoms with van der Waals surface area (Å²) in [5.41, 5.74) is 0.254. The summed E-state index contributed by atoms with van der Waals surface area (Å²) in [6.45, 7) is 1.23. The smallest absolute Gasteiger partial charge is 0.306 e. The molecule has 0 aliphatic heterocycles. The Morgan fingerprint density at radius 2 is 1.92 bits per heavy atom. The van der Waals surface area contributed by atoms with Crippen molar-refractivity contribution in [3.05, 3.63) is 68.8 Å². The predicted molar refractivity (Wildman–Crippen MR) is 126 cm³/mol. The van der Waals surface area contributed by atoms with Gasteiger partial charge in [-0.1, -0.05) is 29.3 Å². The van der Waals surface area contributed by atoms with Crippen LogP contribution in [0, 0.1) is 12.7 Å². The summed E-state index contributed by atoms with van der Waals surface area (Å²) in [5, 5.41) is 11.1. The van der Waals surface area contributed by atoms with Gasteiger partial charge in [0.15, 0.2) is 11.5 Å². The van der Waals surface area contributed by atoms with Crippen molar-refractivity contribution < 1.29 is 22.4 Å². The quantitative estimate of drug-likeness (QED) is 0.306. The van der Waals surface area contributed by atoms with Gasteiger partial charge in [-0.3, -0.25) is 9.48 Å². The van der Waals surface area contributed by atoms with Crippen LogP contribution in [-0.4, -0.2) is 30.5 Å². The first-order chi connectivity index (χ1) is 17.0. The lowest BCUT2D eigenvalue weighted by molar-refractivity contribution is -0.136. The molecule has 13 heteroatoms. The van der Waals surface area contributed by atoms with E-state index in [1.807, 2.05) is 0 Å². The Morgan fingerprint density at radius 3 is 2.58 bits per heavy atom. The molecule has 4 aromatic rings. The lowest BCUT2D eigenvalue weighted by atomic mass is 10.1. The van der Waals surface area contributed by atoms with Gasteiger partial charge in [0, 0.05) is 22.8 Å². The largest absolute Gasteiger partial charge is 0.417 e. The number of pyridine rings is 1. The first kappa shape index (κ1) is 24.5. The van der Waals surface area contributed by atoms with Gasteiger partial charge in [0.2, 0.25) is 5.91 Å². The first-order valence-corrected chi connectivity index (χ1v) is 11.7. The van der Waals surface area contributed by atoms with Crippen molar-refractivity contribution in [1.29, 1.82) is 0 Å². The van der Waals surface area contributed by atoms with E-state index in [9.17, 15) is 22.4 Å². The van der Waals surface area contributed by atoms with Gasteiger partial charge in [-0.05, 0) is 43.5 Å². The average Bonchev–Trinajstić information content (AvgIpc) is 3.52. The fraction of sp³-hybridized carbons (Fsp3) is 0.304. The molecule has 1 saturated carbocycles. The van der Waals surface area contributed by atoms with Crippen LogP contribution in [0.25, 0.3) is 11.0 Å². The topological polar surface area (TPSA) is 77.6 Å². The number of hydrogen-bond donors (Lipinski definition) is 1. The minimum absolute atomic E-state index is 0.00181. The van der Waals surface area contributed by atoms with E-state index in [0.29, 0.717) is 11.3 Å². The number of hydrogen-bond acceptors (Lipinski definition) is 4. The number of alkyl halides is 3. The van der Waals surface area contributed by atoms with E-state index < -0.39 is 30.0 Å². The molecular weight excluding hydrogens is 523 g/mol. The van der Waals surface area contributed by atoms with Gasteiger partial charge in [-0.2, -0.15) is 23.4 Å². The van der Waals surface area contributed by atoms with Gasteiger partial charge in [-0.25, -0.2) is 14.1 Å². The molecule has 1 aliphatic rings. The average molecular weight is 541 g/mol. The van der Waals surface area contributed by atoms with E-state index in [2.05, 4.69) is 20.5 Å². The number of anilines is 1. The molecule has 188 valence electrons. The van der Waals surface area contributed by atoms with Crippen LogP contribution in [0.1, 0.15) is 41.3 Å². The molecule has 1 N–H and O–H groups in total. The summed E-state index contributed by atoms with van der Waals surface area (Å²) >= 11 is 12.3. The standard InChI is InChI=1S/C23H18Cl2F4N6O/c1-11-20-15(23(27,28)29)7-18(12-2-3-12)30-22(20)35(32-11)10-19(36)31-21-17(25)9-34(33-21)8-13-4-5-14(26)6-16(13)24/h4-7,9,12H,2-3,8,10H2,1H3,(H,31,33,36). The Balaban J connectivity index is 1.38. The Hall–Kier alpha value is -3.18. The summed E-state index contributed by atoms with van der Waals surface area (Å²) in [6.07, 6.45) is -1.58. The van der Waals surface area contributed by atoms with E-state index >= 15 is 0 Å². The molecule has 0 unspecified atom stereocenters. The molecule has 0 bridgehead atoms. The highest BCUT2D eigenvalue weighted by Gasteiger charge is 2.37. The highest BCUT2D eigenvalue weighted by molar-refractivity contribution is 6.33. The summed E-state index contributed by atoms with van der Waals surface area (Å²) < 4.78 is 57.2. The number of halogens is 6. The molecule has 36 heavy (non-hydrogen) atoms. The molecule has 5 rings (SSSR count). The van der Waals surface area contributed by atoms with Crippen molar-refractivity contribution in [1.82, 2.24) is 24.5 Å². The van der Waals surface area contributed by atoms with E-state index in [0.717, 1.165) is 23.6 Å². The van der Waals surface area contributed by atoms with Crippen molar-refractivity contribution in [3.63, 3.8) is 0 Å². The second-order valence-electron chi connectivity index (χ2n) is 8.62. The van der Waals surface area contributed by atoms with Gasteiger partial charge in [0.1, 0.15) is 17.4 Å². The monoisotopic (exact) mass is 540 g/mol. The molecular formula is C23H18Cl2F4N6O. The molecule has 0 spiro atoms. The van der Waals surface area contributed by atoms with Crippen LogP contribution < -0.4 is 5.32 Å². The third kappa shape index (κ3) is 4.90. The predicted octanol–water partition coefficient (Wildman–Crippen LogP) is 5.97. The van der Waals surface area contributed by atoms with Crippen LogP contribution in [0.5, 0.6) is 0 Å². The minimum atomic E-state index is -4.58. The van der Waals surface area contributed by atoms with Crippen LogP contribution in [0.4, 0.5) is 23.4 Å². The Kier molecular flexibility index (Phi) is 6.16. The Labute approximate surface area is 212 Å². The van der Waals surface area contributed by atoms with Gasteiger partial charge < -0.3 is 5.32 Å². The number of aromatic nitrogens is 5. The lowest BCUT2D eigenvalue weighted by Gasteiger charge is -2.11. The number of nitrogens with zero attached hydrogens (tertiary/aromatic N) is 5. The zero-order valence-corrected chi connectivity index (χ0v) is 20.2. The van der Waals surface area contributed by atoms with Gasteiger partial charge >= 0.3 is 6.18 Å². The molecule has 1 aromatic carbocycles. The zero-order valence-electron chi connectivity index (χ0n) is 18.7. The molecule has 3 heterocycles. The van der Waals surface area contributed by atoms with Crippen molar-refractivity contribution in [3.8, 4) is 0 Å². The summed E-state index contributed by atoms with van der Waals surface area (Å²) in [6, 6.07) is 5.03. The third-order valence-electron chi connectivity index (χ3n) is 5.81. The number of aryl methyl sites for hydroxylation is 1. The van der Waals surface area contributed by atoms with Crippen LogP contribution >= 0.6 is 23.2 Å². The molecule has 1 fully saturated rings. The number of fused-ring (bicyclic) bond motifs is 1. The highest BCUT2D eigenvalue weighted by atomic mass is 35.5. The third-order valence-corrected chi connectivity index (χ3v) is 6.44. The Bertz CT molecular complexity index is 1490. The second kappa shape index (κ2) is 9.04. The van der Waals surface area contributed by atoms with Crippen molar-refractivity contribution in [2.75, 3.05) is 5.32 Å². The van der Waals surface area contributed by atoms with Gasteiger partial charge in [0.05, 0.1) is 23.2 Å². The second-order valence-corrected chi connectivity index (χ2v) is 9.43. The number of carbonyl (C=O) groups excluding carboxylic acids is 1. The summed E-state index contributed by atoms with van der Waals surface area (Å²) in [5.74, 6) is -1.04. The van der Waals surface area contributed by atoms with Crippen molar-refractivity contribution in [2.45, 2.75) is 44.9 Å². The number of rotatable bonds is 6. The molecule has 1 amide bonds. The molecule has 0 radical (unpaired) electrons. The van der Waals surface area contributed by atoms with E-state index in [1.165, 1.54) is 36.0 Å². The van der Waals surface area contributed by atoms with Crippen molar-refractivity contribution in [2.24, 2.45) is 0 Å². The summed E-state index contributed by atoms with van der Waals surface area (Å²) in [7, 11) is 0. The van der Waals surface area contributed by atoms with E-state index in [-0.39, 0.29) is 45.1 Å². The zero-order chi connectivity index (χ0) is 25.8.